The third-order valence-electron chi connectivity index (χ3n) is 3.09. The molecular formula is C14H17N3. The minimum absolute atomic E-state index is 0.725. The van der Waals surface area contributed by atoms with E-state index in [-0.39, 0.29) is 0 Å². The maximum absolute atomic E-state index is 4.40. The highest BCUT2D eigenvalue weighted by Gasteiger charge is 2.20. The van der Waals surface area contributed by atoms with Gasteiger partial charge in [0.25, 0.3) is 0 Å². The highest BCUT2D eigenvalue weighted by atomic mass is 15.0. The van der Waals surface area contributed by atoms with Gasteiger partial charge in [0.05, 0.1) is 18.4 Å². The van der Waals surface area contributed by atoms with E-state index < -0.39 is 0 Å². The van der Waals surface area contributed by atoms with Crippen LogP contribution in [0.15, 0.2) is 30.5 Å². The topological polar surface area (TPSA) is 40.7 Å². The number of nitrogens with one attached hydrogen (secondary N) is 2. The van der Waals surface area contributed by atoms with E-state index in [4.69, 9.17) is 0 Å². The van der Waals surface area contributed by atoms with Crippen LogP contribution < -0.4 is 5.32 Å². The molecule has 1 heterocycles. The van der Waals surface area contributed by atoms with Gasteiger partial charge in [-0.15, -0.1) is 0 Å². The predicted molar refractivity (Wildman–Crippen MR) is 68.6 cm³/mol. The lowest BCUT2D eigenvalue weighted by Gasteiger charge is -2.00. The summed E-state index contributed by atoms with van der Waals surface area (Å²) in [5, 5.41) is 3.46. The van der Waals surface area contributed by atoms with Gasteiger partial charge in [-0.1, -0.05) is 23.8 Å². The van der Waals surface area contributed by atoms with E-state index in [1.807, 2.05) is 6.20 Å². The number of aromatic nitrogens is 2. The Morgan fingerprint density at radius 3 is 3.06 bits per heavy atom. The summed E-state index contributed by atoms with van der Waals surface area (Å²) >= 11 is 0. The van der Waals surface area contributed by atoms with E-state index >= 15 is 0 Å². The third kappa shape index (κ3) is 2.56. The minimum Gasteiger partial charge on any atom is -0.341 e. The number of benzene rings is 1. The molecule has 1 aromatic heterocycles. The first kappa shape index (κ1) is 10.5. The second kappa shape index (κ2) is 4.34. The highest BCUT2D eigenvalue weighted by Crippen LogP contribution is 2.20. The summed E-state index contributed by atoms with van der Waals surface area (Å²) in [4.78, 5) is 7.77. The van der Waals surface area contributed by atoms with E-state index in [1.54, 1.807) is 0 Å². The minimum atomic E-state index is 0.725. The van der Waals surface area contributed by atoms with Crippen molar-refractivity contribution in [1.82, 2.24) is 15.3 Å². The molecule has 0 aliphatic heterocycles. The second-order valence-electron chi connectivity index (χ2n) is 4.77. The lowest BCUT2D eigenvalue weighted by molar-refractivity contribution is 0.664. The van der Waals surface area contributed by atoms with Gasteiger partial charge in [0.1, 0.15) is 5.82 Å². The van der Waals surface area contributed by atoms with E-state index in [9.17, 15) is 0 Å². The molecule has 0 saturated heterocycles. The standard InChI is InChI=1S/C14H17N3/c1-10-3-2-4-11(7-10)13-8-16-14(17-13)9-15-12-5-6-12/h2-4,7-8,12,15H,5-6,9H2,1H3,(H,16,17). The summed E-state index contributed by atoms with van der Waals surface area (Å²) in [7, 11) is 0. The monoisotopic (exact) mass is 227 g/mol. The van der Waals surface area contributed by atoms with Crippen LogP contribution in [0.1, 0.15) is 24.2 Å². The Balaban J connectivity index is 1.74. The zero-order chi connectivity index (χ0) is 11.7. The van der Waals surface area contributed by atoms with Gasteiger partial charge in [-0.3, -0.25) is 0 Å². The van der Waals surface area contributed by atoms with Crippen LogP contribution in [0.3, 0.4) is 0 Å². The van der Waals surface area contributed by atoms with Crippen molar-refractivity contribution in [3.63, 3.8) is 0 Å². The van der Waals surface area contributed by atoms with Crippen molar-refractivity contribution < 1.29 is 0 Å². The maximum Gasteiger partial charge on any atom is 0.120 e. The molecule has 0 radical (unpaired) electrons. The van der Waals surface area contributed by atoms with Crippen LogP contribution in [0.4, 0.5) is 0 Å². The summed E-state index contributed by atoms with van der Waals surface area (Å²) in [5.41, 5.74) is 3.58. The Hall–Kier alpha value is -1.61. The van der Waals surface area contributed by atoms with Gasteiger partial charge in [-0.2, -0.15) is 0 Å². The maximum atomic E-state index is 4.40. The molecule has 0 unspecified atom stereocenters. The molecule has 2 N–H and O–H groups in total. The van der Waals surface area contributed by atoms with E-state index in [1.165, 1.54) is 24.0 Å². The Morgan fingerprint density at radius 2 is 2.29 bits per heavy atom. The number of aromatic amines is 1. The SMILES string of the molecule is Cc1cccc(-c2cnc(CNC3CC3)[nH]2)c1. The smallest absolute Gasteiger partial charge is 0.120 e. The number of hydrogen-bond donors (Lipinski definition) is 2. The highest BCUT2D eigenvalue weighted by molar-refractivity contribution is 5.59. The van der Waals surface area contributed by atoms with Gasteiger partial charge in [0, 0.05) is 6.04 Å². The van der Waals surface area contributed by atoms with Crippen molar-refractivity contribution in [2.24, 2.45) is 0 Å². The molecule has 1 aliphatic carbocycles. The van der Waals surface area contributed by atoms with Crippen molar-refractivity contribution in [3.8, 4) is 11.3 Å². The van der Waals surface area contributed by atoms with Gasteiger partial charge < -0.3 is 10.3 Å². The van der Waals surface area contributed by atoms with Gasteiger partial charge in [-0.05, 0) is 31.4 Å². The lowest BCUT2D eigenvalue weighted by Crippen LogP contribution is -2.16. The molecule has 1 aliphatic rings. The van der Waals surface area contributed by atoms with Crippen LogP contribution in [-0.2, 0) is 6.54 Å². The second-order valence-corrected chi connectivity index (χ2v) is 4.77. The van der Waals surface area contributed by atoms with Gasteiger partial charge in [-0.25, -0.2) is 4.98 Å². The first-order chi connectivity index (χ1) is 8.31. The fourth-order valence-corrected chi connectivity index (χ4v) is 1.94. The number of nitrogens with zero attached hydrogens (tertiary/aromatic N) is 1. The van der Waals surface area contributed by atoms with Crippen LogP contribution in [0.2, 0.25) is 0 Å². The zero-order valence-corrected chi connectivity index (χ0v) is 10.0. The number of aryl methyl sites for hydroxylation is 1. The summed E-state index contributed by atoms with van der Waals surface area (Å²) in [6.07, 6.45) is 4.54. The van der Waals surface area contributed by atoms with Crippen LogP contribution in [0.5, 0.6) is 0 Å². The fourth-order valence-electron chi connectivity index (χ4n) is 1.94. The number of hydrogen-bond acceptors (Lipinski definition) is 2. The molecule has 88 valence electrons. The first-order valence-electron chi connectivity index (χ1n) is 6.15. The van der Waals surface area contributed by atoms with E-state index in [2.05, 4.69) is 46.5 Å². The Morgan fingerprint density at radius 1 is 1.41 bits per heavy atom. The number of rotatable bonds is 4. The van der Waals surface area contributed by atoms with Crippen molar-refractivity contribution in [2.45, 2.75) is 32.4 Å². The molecular weight excluding hydrogens is 210 g/mol. The Labute approximate surface area is 101 Å². The largest absolute Gasteiger partial charge is 0.341 e. The van der Waals surface area contributed by atoms with E-state index in [0.717, 1.165) is 24.1 Å². The van der Waals surface area contributed by atoms with E-state index in [0.29, 0.717) is 0 Å². The molecule has 0 spiro atoms. The molecule has 0 amide bonds. The Bertz CT molecular complexity index is 512. The fraction of sp³-hybridized carbons (Fsp3) is 0.357. The van der Waals surface area contributed by atoms with Crippen LogP contribution in [-0.4, -0.2) is 16.0 Å². The van der Waals surface area contributed by atoms with Crippen LogP contribution >= 0.6 is 0 Å². The molecule has 3 heteroatoms. The summed E-state index contributed by atoms with van der Waals surface area (Å²) in [5.74, 6) is 1.02. The average molecular weight is 227 g/mol. The normalized spacial score (nSPS) is 15.1. The predicted octanol–water partition coefficient (Wildman–Crippen LogP) is 2.64. The molecule has 1 fully saturated rings. The number of imidazole rings is 1. The third-order valence-corrected chi connectivity index (χ3v) is 3.09. The van der Waals surface area contributed by atoms with Gasteiger partial charge in [0.15, 0.2) is 0 Å². The van der Waals surface area contributed by atoms with Crippen molar-refractivity contribution >= 4 is 0 Å². The van der Waals surface area contributed by atoms with Crippen molar-refractivity contribution in [1.29, 1.82) is 0 Å². The molecule has 17 heavy (non-hydrogen) atoms. The molecule has 2 aromatic rings. The van der Waals surface area contributed by atoms with Gasteiger partial charge >= 0.3 is 0 Å². The lowest BCUT2D eigenvalue weighted by atomic mass is 10.1. The summed E-state index contributed by atoms with van der Waals surface area (Å²) in [6.45, 7) is 2.95. The first-order valence-corrected chi connectivity index (χ1v) is 6.15. The van der Waals surface area contributed by atoms with Crippen LogP contribution in [0, 0.1) is 6.92 Å². The number of H-pyrrole nitrogens is 1. The average Bonchev–Trinajstić information content (AvgIpc) is 3.04. The van der Waals surface area contributed by atoms with Crippen molar-refractivity contribution in [2.75, 3.05) is 0 Å². The molecule has 3 rings (SSSR count). The quantitative estimate of drug-likeness (QED) is 0.843. The molecule has 0 atom stereocenters. The summed E-state index contributed by atoms with van der Waals surface area (Å²) in [6, 6.07) is 9.19. The Kier molecular flexibility index (Phi) is 2.69. The summed E-state index contributed by atoms with van der Waals surface area (Å²) < 4.78 is 0. The molecule has 0 bridgehead atoms. The van der Waals surface area contributed by atoms with Crippen molar-refractivity contribution in [3.05, 3.63) is 41.9 Å². The molecule has 1 aromatic carbocycles. The van der Waals surface area contributed by atoms with Gasteiger partial charge in [0.2, 0.25) is 0 Å². The van der Waals surface area contributed by atoms with Crippen LogP contribution in [0.25, 0.3) is 11.3 Å². The zero-order valence-electron chi connectivity index (χ0n) is 10.0. The molecule has 3 nitrogen and oxygen atoms in total. The molecule has 1 saturated carbocycles.